The summed E-state index contributed by atoms with van der Waals surface area (Å²) in [5.41, 5.74) is 1.17. The molecular weight excluding hydrogens is 214 g/mol. The van der Waals surface area contributed by atoms with Crippen LogP contribution in [0.15, 0.2) is 36.9 Å². The Morgan fingerprint density at radius 1 is 1.29 bits per heavy atom. The van der Waals surface area contributed by atoms with Crippen molar-refractivity contribution in [2.24, 2.45) is 0 Å². The van der Waals surface area contributed by atoms with E-state index in [1.165, 1.54) is 5.56 Å². The smallest absolute Gasteiger partial charge is 0.123 e. The largest absolute Gasteiger partial charge is 0.496 e. The highest BCUT2D eigenvalue weighted by molar-refractivity contribution is 5.32. The van der Waals surface area contributed by atoms with E-state index in [1.807, 2.05) is 24.3 Å². The highest BCUT2D eigenvalue weighted by atomic mass is 16.5. The normalized spacial score (nSPS) is 10.2. The Labute approximate surface area is 103 Å². The molecule has 0 aliphatic heterocycles. The average Bonchev–Trinajstić information content (AvgIpc) is 2.38. The fraction of sp³-hybridized carbons (Fsp3) is 0.429. The quantitative estimate of drug-likeness (QED) is 0.526. The van der Waals surface area contributed by atoms with Gasteiger partial charge in [0, 0.05) is 18.7 Å². The van der Waals surface area contributed by atoms with Crippen LogP contribution in [0.4, 0.5) is 0 Å². The monoisotopic (exact) mass is 235 g/mol. The molecule has 0 amide bonds. The number of rotatable bonds is 9. The minimum atomic E-state index is 0.725. The number of nitrogens with one attached hydrogen (secondary N) is 1. The molecule has 0 spiro atoms. The van der Waals surface area contributed by atoms with Crippen LogP contribution in [0.1, 0.15) is 12.0 Å². The lowest BCUT2D eigenvalue weighted by Gasteiger charge is -2.09. The van der Waals surface area contributed by atoms with Crippen molar-refractivity contribution >= 4 is 0 Å². The Balaban J connectivity index is 2.15. The fourth-order valence-corrected chi connectivity index (χ4v) is 1.49. The molecule has 0 aromatic heterocycles. The molecule has 1 N–H and O–H groups in total. The van der Waals surface area contributed by atoms with E-state index in [0.717, 1.165) is 38.5 Å². The third-order valence-electron chi connectivity index (χ3n) is 2.40. The number of ether oxygens (including phenoxy) is 2. The maximum Gasteiger partial charge on any atom is 0.123 e. The van der Waals surface area contributed by atoms with Crippen LogP contribution in [0.2, 0.25) is 0 Å². The SMILES string of the molecule is C=CCCOCCNCc1ccccc1OC. The van der Waals surface area contributed by atoms with Gasteiger partial charge in [-0.25, -0.2) is 0 Å². The minimum absolute atomic E-state index is 0.725. The Bertz CT molecular complexity index is 326. The van der Waals surface area contributed by atoms with E-state index in [1.54, 1.807) is 7.11 Å². The van der Waals surface area contributed by atoms with Gasteiger partial charge in [-0.1, -0.05) is 24.3 Å². The van der Waals surface area contributed by atoms with E-state index in [4.69, 9.17) is 9.47 Å². The highest BCUT2D eigenvalue weighted by Crippen LogP contribution is 2.16. The zero-order valence-corrected chi connectivity index (χ0v) is 10.4. The number of para-hydroxylation sites is 1. The molecule has 0 aliphatic rings. The van der Waals surface area contributed by atoms with Crippen molar-refractivity contribution in [1.82, 2.24) is 5.32 Å². The molecule has 0 atom stereocenters. The van der Waals surface area contributed by atoms with Crippen molar-refractivity contribution in [2.75, 3.05) is 26.9 Å². The standard InChI is InChI=1S/C14H21NO2/c1-3-4-10-17-11-9-15-12-13-7-5-6-8-14(13)16-2/h3,5-8,15H,1,4,9-12H2,2H3. The Morgan fingerprint density at radius 2 is 2.12 bits per heavy atom. The van der Waals surface area contributed by atoms with Crippen molar-refractivity contribution < 1.29 is 9.47 Å². The number of benzene rings is 1. The fourth-order valence-electron chi connectivity index (χ4n) is 1.49. The lowest BCUT2D eigenvalue weighted by atomic mass is 10.2. The van der Waals surface area contributed by atoms with Crippen LogP contribution < -0.4 is 10.1 Å². The van der Waals surface area contributed by atoms with E-state index < -0.39 is 0 Å². The molecule has 3 heteroatoms. The van der Waals surface area contributed by atoms with Gasteiger partial charge in [0.2, 0.25) is 0 Å². The predicted octanol–water partition coefficient (Wildman–Crippen LogP) is 2.38. The molecule has 0 heterocycles. The molecule has 0 saturated heterocycles. The molecule has 94 valence electrons. The van der Waals surface area contributed by atoms with Gasteiger partial charge in [0.05, 0.1) is 20.3 Å². The van der Waals surface area contributed by atoms with Crippen molar-refractivity contribution in [3.05, 3.63) is 42.5 Å². The molecule has 3 nitrogen and oxygen atoms in total. The first-order valence-corrected chi connectivity index (χ1v) is 5.89. The molecule has 1 rings (SSSR count). The van der Waals surface area contributed by atoms with Gasteiger partial charge in [0.25, 0.3) is 0 Å². The van der Waals surface area contributed by atoms with Gasteiger partial charge in [0.15, 0.2) is 0 Å². The van der Waals surface area contributed by atoms with Crippen LogP contribution in [0.25, 0.3) is 0 Å². The lowest BCUT2D eigenvalue weighted by molar-refractivity contribution is 0.140. The Morgan fingerprint density at radius 3 is 2.88 bits per heavy atom. The molecule has 0 bridgehead atoms. The summed E-state index contributed by atoms with van der Waals surface area (Å²) in [6, 6.07) is 8.02. The zero-order chi connectivity index (χ0) is 12.3. The van der Waals surface area contributed by atoms with E-state index in [9.17, 15) is 0 Å². The van der Waals surface area contributed by atoms with Crippen LogP contribution in [0, 0.1) is 0 Å². The summed E-state index contributed by atoms with van der Waals surface area (Å²) in [7, 11) is 1.69. The van der Waals surface area contributed by atoms with Crippen molar-refractivity contribution in [3.8, 4) is 5.75 Å². The lowest BCUT2D eigenvalue weighted by Crippen LogP contribution is -2.19. The van der Waals surface area contributed by atoms with Crippen LogP contribution in [-0.2, 0) is 11.3 Å². The van der Waals surface area contributed by atoms with Gasteiger partial charge in [0.1, 0.15) is 5.75 Å². The summed E-state index contributed by atoms with van der Waals surface area (Å²) in [5, 5.41) is 3.32. The molecule has 0 fully saturated rings. The zero-order valence-electron chi connectivity index (χ0n) is 10.4. The summed E-state index contributed by atoms with van der Waals surface area (Å²) >= 11 is 0. The maximum atomic E-state index is 5.40. The first-order chi connectivity index (χ1) is 8.38. The summed E-state index contributed by atoms with van der Waals surface area (Å²) in [6.45, 7) is 6.76. The summed E-state index contributed by atoms with van der Waals surface area (Å²) < 4.78 is 10.7. The summed E-state index contributed by atoms with van der Waals surface area (Å²) in [4.78, 5) is 0. The molecule has 17 heavy (non-hydrogen) atoms. The van der Waals surface area contributed by atoms with Crippen LogP contribution in [0.3, 0.4) is 0 Å². The van der Waals surface area contributed by atoms with E-state index in [0.29, 0.717) is 0 Å². The van der Waals surface area contributed by atoms with Crippen LogP contribution in [0.5, 0.6) is 5.75 Å². The summed E-state index contributed by atoms with van der Waals surface area (Å²) in [5.74, 6) is 0.924. The predicted molar refractivity (Wildman–Crippen MR) is 70.3 cm³/mol. The van der Waals surface area contributed by atoms with Crippen molar-refractivity contribution in [2.45, 2.75) is 13.0 Å². The van der Waals surface area contributed by atoms with Gasteiger partial charge < -0.3 is 14.8 Å². The number of hydrogen-bond donors (Lipinski definition) is 1. The van der Waals surface area contributed by atoms with Gasteiger partial charge in [-0.05, 0) is 12.5 Å². The first kappa shape index (κ1) is 13.7. The number of methoxy groups -OCH3 is 1. The Kier molecular flexibility index (Phi) is 7.11. The summed E-state index contributed by atoms with van der Waals surface area (Å²) in [6.07, 6.45) is 2.77. The molecular formula is C14H21NO2. The van der Waals surface area contributed by atoms with E-state index in [2.05, 4.69) is 18.0 Å². The average molecular weight is 235 g/mol. The Hall–Kier alpha value is -1.32. The van der Waals surface area contributed by atoms with Crippen LogP contribution in [-0.4, -0.2) is 26.9 Å². The van der Waals surface area contributed by atoms with Crippen molar-refractivity contribution in [3.63, 3.8) is 0 Å². The third kappa shape index (κ3) is 5.52. The van der Waals surface area contributed by atoms with Gasteiger partial charge in [-0.15, -0.1) is 6.58 Å². The molecule has 0 radical (unpaired) electrons. The maximum absolute atomic E-state index is 5.40. The topological polar surface area (TPSA) is 30.5 Å². The second-order valence-corrected chi connectivity index (χ2v) is 3.68. The van der Waals surface area contributed by atoms with Crippen molar-refractivity contribution in [1.29, 1.82) is 0 Å². The third-order valence-corrected chi connectivity index (χ3v) is 2.40. The van der Waals surface area contributed by atoms with Crippen LogP contribution >= 0.6 is 0 Å². The first-order valence-electron chi connectivity index (χ1n) is 5.89. The van der Waals surface area contributed by atoms with E-state index >= 15 is 0 Å². The van der Waals surface area contributed by atoms with Gasteiger partial charge >= 0.3 is 0 Å². The molecule has 0 saturated carbocycles. The van der Waals surface area contributed by atoms with E-state index in [-0.39, 0.29) is 0 Å². The molecule has 0 aliphatic carbocycles. The van der Waals surface area contributed by atoms with Gasteiger partial charge in [-0.3, -0.25) is 0 Å². The highest BCUT2D eigenvalue weighted by Gasteiger charge is 1.99. The molecule has 1 aromatic rings. The molecule has 1 aromatic carbocycles. The second-order valence-electron chi connectivity index (χ2n) is 3.68. The minimum Gasteiger partial charge on any atom is -0.496 e. The number of hydrogen-bond acceptors (Lipinski definition) is 3. The van der Waals surface area contributed by atoms with Gasteiger partial charge in [-0.2, -0.15) is 0 Å². The second kappa shape index (κ2) is 8.79. The molecule has 0 unspecified atom stereocenters.